The van der Waals surface area contributed by atoms with Crippen molar-refractivity contribution < 1.29 is 4.74 Å². The monoisotopic (exact) mass is 286 g/mol. The van der Waals surface area contributed by atoms with Gasteiger partial charge in [-0.25, -0.2) is 4.79 Å². The molecule has 1 N–H and O–H groups in total. The molecule has 1 saturated heterocycles. The van der Waals surface area contributed by atoms with Crippen molar-refractivity contribution in [3.8, 4) is 0 Å². The summed E-state index contributed by atoms with van der Waals surface area (Å²) in [6, 6.07) is 0. The number of hydrogen-bond donors (Lipinski definition) is 1. The Bertz CT molecular complexity index is 593. The minimum absolute atomic E-state index is 0.156. The minimum Gasteiger partial charge on any atom is -0.376 e. The fourth-order valence-electron chi connectivity index (χ4n) is 2.60. The van der Waals surface area contributed by atoms with Crippen molar-refractivity contribution in [2.24, 2.45) is 0 Å². The van der Waals surface area contributed by atoms with E-state index in [4.69, 9.17) is 16.3 Å². The maximum atomic E-state index is 12.5. The first-order valence-electron chi connectivity index (χ1n) is 6.57. The Balaban J connectivity index is 2.67. The summed E-state index contributed by atoms with van der Waals surface area (Å²) in [6.45, 7) is 6.28. The van der Waals surface area contributed by atoms with E-state index in [1.807, 2.05) is 20.8 Å². The Morgan fingerprint density at radius 2 is 2.21 bits per heavy atom. The standard InChI is InChI=1S/C13H19ClN2O3/c1-4-5-9-10(14)15-12(18)16(11(9)17)13(3)6-7-19-8(13)2/h8H,4-7H2,1-3H3,(H,15,18). The van der Waals surface area contributed by atoms with Crippen molar-refractivity contribution in [2.45, 2.75) is 51.7 Å². The largest absolute Gasteiger partial charge is 0.376 e. The highest BCUT2D eigenvalue weighted by Gasteiger charge is 2.41. The van der Waals surface area contributed by atoms with Gasteiger partial charge in [-0.2, -0.15) is 0 Å². The van der Waals surface area contributed by atoms with Crippen LogP contribution >= 0.6 is 11.6 Å². The molecular weight excluding hydrogens is 268 g/mol. The van der Waals surface area contributed by atoms with Crippen LogP contribution in [0.3, 0.4) is 0 Å². The second-order valence-electron chi connectivity index (χ2n) is 5.23. The van der Waals surface area contributed by atoms with E-state index in [1.165, 1.54) is 4.57 Å². The number of halogens is 1. The van der Waals surface area contributed by atoms with Crippen molar-refractivity contribution in [3.63, 3.8) is 0 Å². The number of nitrogens with zero attached hydrogens (tertiary/aromatic N) is 1. The lowest BCUT2D eigenvalue weighted by Crippen LogP contribution is -2.52. The molecule has 106 valence electrons. The van der Waals surface area contributed by atoms with E-state index in [2.05, 4.69) is 4.98 Å². The van der Waals surface area contributed by atoms with Crippen LogP contribution in [0.2, 0.25) is 5.15 Å². The summed E-state index contributed by atoms with van der Waals surface area (Å²) in [5, 5.41) is 0.156. The van der Waals surface area contributed by atoms with E-state index in [0.29, 0.717) is 25.0 Å². The number of ether oxygens (including phenoxy) is 1. The van der Waals surface area contributed by atoms with Crippen LogP contribution in [-0.4, -0.2) is 22.3 Å². The van der Waals surface area contributed by atoms with Gasteiger partial charge in [0.2, 0.25) is 0 Å². The SMILES string of the molecule is CCCc1c(Cl)[nH]c(=O)n(C2(C)CCOC2C)c1=O. The molecule has 19 heavy (non-hydrogen) atoms. The summed E-state index contributed by atoms with van der Waals surface area (Å²) in [6.07, 6.45) is 1.82. The number of nitrogens with one attached hydrogen (secondary N) is 1. The third-order valence-corrected chi connectivity index (χ3v) is 4.33. The summed E-state index contributed by atoms with van der Waals surface area (Å²) >= 11 is 5.97. The maximum Gasteiger partial charge on any atom is 0.330 e. The zero-order valence-electron chi connectivity index (χ0n) is 11.5. The van der Waals surface area contributed by atoms with E-state index in [9.17, 15) is 9.59 Å². The first kappa shape index (κ1) is 14.3. The maximum absolute atomic E-state index is 12.5. The molecule has 0 bridgehead atoms. The van der Waals surface area contributed by atoms with Gasteiger partial charge in [-0.1, -0.05) is 24.9 Å². The van der Waals surface area contributed by atoms with E-state index in [1.54, 1.807) is 0 Å². The number of H-pyrrole nitrogens is 1. The lowest BCUT2D eigenvalue weighted by molar-refractivity contribution is 0.0724. The Kier molecular flexibility index (Phi) is 3.87. The Morgan fingerprint density at radius 1 is 1.53 bits per heavy atom. The molecule has 0 spiro atoms. The van der Waals surface area contributed by atoms with Crippen molar-refractivity contribution in [3.05, 3.63) is 31.6 Å². The highest BCUT2D eigenvalue weighted by atomic mass is 35.5. The van der Waals surface area contributed by atoms with Gasteiger partial charge < -0.3 is 4.74 Å². The molecule has 1 aromatic heterocycles. The molecule has 1 aliphatic rings. The summed E-state index contributed by atoms with van der Waals surface area (Å²) in [4.78, 5) is 27.2. The lowest BCUT2D eigenvalue weighted by atomic mass is 9.94. The van der Waals surface area contributed by atoms with Crippen molar-refractivity contribution in [2.75, 3.05) is 6.61 Å². The fraction of sp³-hybridized carbons (Fsp3) is 0.692. The fourth-order valence-corrected chi connectivity index (χ4v) is 2.85. The van der Waals surface area contributed by atoms with Gasteiger partial charge in [0.15, 0.2) is 0 Å². The summed E-state index contributed by atoms with van der Waals surface area (Å²) in [5.74, 6) is 0. The molecule has 1 fully saturated rings. The normalized spacial score (nSPS) is 26.8. The van der Waals surface area contributed by atoms with Crippen molar-refractivity contribution in [1.82, 2.24) is 9.55 Å². The molecule has 5 nitrogen and oxygen atoms in total. The molecule has 2 heterocycles. The van der Waals surface area contributed by atoms with Crippen LogP contribution in [0.5, 0.6) is 0 Å². The molecular formula is C13H19ClN2O3. The first-order valence-corrected chi connectivity index (χ1v) is 6.95. The van der Waals surface area contributed by atoms with E-state index >= 15 is 0 Å². The molecule has 0 radical (unpaired) electrons. The zero-order chi connectivity index (χ0) is 14.2. The molecule has 6 heteroatoms. The molecule has 0 amide bonds. The summed E-state index contributed by atoms with van der Waals surface area (Å²) in [7, 11) is 0. The Hall–Kier alpha value is -1.07. The minimum atomic E-state index is -0.613. The molecule has 2 rings (SSSR count). The topological polar surface area (TPSA) is 64.1 Å². The predicted molar refractivity (Wildman–Crippen MR) is 74.0 cm³/mol. The Morgan fingerprint density at radius 3 is 2.74 bits per heavy atom. The van der Waals surface area contributed by atoms with Gasteiger partial charge in [-0.05, 0) is 26.7 Å². The molecule has 0 aromatic carbocycles. The summed E-state index contributed by atoms with van der Waals surface area (Å²) in [5.41, 5.74) is -0.896. The van der Waals surface area contributed by atoms with E-state index in [-0.39, 0.29) is 16.8 Å². The van der Waals surface area contributed by atoms with Gasteiger partial charge >= 0.3 is 5.69 Å². The highest BCUT2D eigenvalue weighted by Crippen LogP contribution is 2.30. The van der Waals surface area contributed by atoms with Gasteiger partial charge in [0.1, 0.15) is 5.15 Å². The van der Waals surface area contributed by atoms with Crippen molar-refractivity contribution in [1.29, 1.82) is 0 Å². The Labute approximate surface area is 116 Å². The van der Waals surface area contributed by atoms with Crippen molar-refractivity contribution >= 4 is 11.6 Å². The number of hydrogen-bond acceptors (Lipinski definition) is 3. The van der Waals surface area contributed by atoms with E-state index < -0.39 is 11.2 Å². The second-order valence-corrected chi connectivity index (χ2v) is 5.61. The van der Waals surface area contributed by atoms with Gasteiger partial charge in [0, 0.05) is 6.61 Å². The molecule has 2 unspecified atom stereocenters. The zero-order valence-corrected chi connectivity index (χ0v) is 12.2. The first-order chi connectivity index (χ1) is 8.91. The highest BCUT2D eigenvalue weighted by molar-refractivity contribution is 6.30. The van der Waals surface area contributed by atoms with Gasteiger partial charge in [-0.3, -0.25) is 14.3 Å². The van der Waals surface area contributed by atoms with Crippen LogP contribution in [0.25, 0.3) is 0 Å². The van der Waals surface area contributed by atoms with Crippen LogP contribution in [0, 0.1) is 0 Å². The molecule has 0 saturated carbocycles. The number of aromatic nitrogens is 2. The van der Waals surface area contributed by atoms with Crippen LogP contribution < -0.4 is 11.2 Å². The van der Waals surface area contributed by atoms with Gasteiger partial charge in [0.25, 0.3) is 5.56 Å². The average molecular weight is 287 g/mol. The van der Waals surface area contributed by atoms with Gasteiger partial charge in [-0.15, -0.1) is 0 Å². The summed E-state index contributed by atoms with van der Waals surface area (Å²) < 4.78 is 6.80. The molecule has 1 aromatic rings. The third kappa shape index (κ3) is 2.25. The third-order valence-electron chi connectivity index (χ3n) is 4.01. The smallest absolute Gasteiger partial charge is 0.330 e. The predicted octanol–water partition coefficient (Wildman–Crippen LogP) is 1.67. The quantitative estimate of drug-likeness (QED) is 0.860. The molecule has 2 atom stereocenters. The lowest BCUT2D eigenvalue weighted by Gasteiger charge is -2.29. The van der Waals surface area contributed by atoms with Crippen LogP contribution in [0.4, 0.5) is 0 Å². The average Bonchev–Trinajstić information content (AvgIpc) is 2.65. The van der Waals surface area contributed by atoms with E-state index in [0.717, 1.165) is 6.42 Å². The second kappa shape index (κ2) is 5.13. The van der Waals surface area contributed by atoms with Gasteiger partial charge in [0.05, 0.1) is 17.2 Å². The van der Waals surface area contributed by atoms with Crippen LogP contribution in [0.1, 0.15) is 39.2 Å². The molecule has 1 aliphatic heterocycles. The molecule has 0 aliphatic carbocycles. The van der Waals surface area contributed by atoms with Crippen LogP contribution in [-0.2, 0) is 16.7 Å². The number of aromatic amines is 1. The van der Waals surface area contributed by atoms with Crippen LogP contribution in [0.15, 0.2) is 9.59 Å². The number of rotatable bonds is 3.